The van der Waals surface area contributed by atoms with Gasteiger partial charge in [0.15, 0.2) is 5.78 Å². The van der Waals surface area contributed by atoms with E-state index in [0.717, 1.165) is 0 Å². The first-order chi connectivity index (χ1) is 8.50. The van der Waals surface area contributed by atoms with E-state index in [-0.39, 0.29) is 18.7 Å². The molecule has 1 rings (SSSR count). The predicted molar refractivity (Wildman–Crippen MR) is 70.5 cm³/mol. The van der Waals surface area contributed by atoms with Gasteiger partial charge in [0, 0.05) is 17.0 Å². The van der Waals surface area contributed by atoms with Crippen molar-refractivity contribution in [3.63, 3.8) is 0 Å². The largest absolute Gasteiger partial charge is 0.481 e. The molecule has 98 valence electrons. The van der Waals surface area contributed by atoms with Gasteiger partial charge in [-0.15, -0.1) is 0 Å². The Morgan fingerprint density at radius 1 is 1.28 bits per heavy atom. The fourth-order valence-corrected chi connectivity index (χ4v) is 1.89. The quantitative estimate of drug-likeness (QED) is 0.598. The lowest BCUT2D eigenvalue weighted by atomic mass is 10.1. The standard InChI is InChI=1S/C12H13Cl2NO3/c13-8-3-4-9(10(14)6-8)11(16)7-15-5-1-2-12(17)18/h3-4,6,15H,1-2,5,7H2,(H,17,18). The van der Waals surface area contributed by atoms with Crippen LogP contribution in [0.2, 0.25) is 10.0 Å². The summed E-state index contributed by atoms with van der Waals surface area (Å²) >= 11 is 11.6. The zero-order valence-corrected chi connectivity index (χ0v) is 11.1. The number of hydrogen-bond donors (Lipinski definition) is 2. The Balaban J connectivity index is 2.39. The maximum atomic E-state index is 11.8. The molecule has 2 N–H and O–H groups in total. The average Bonchev–Trinajstić information content (AvgIpc) is 2.27. The van der Waals surface area contributed by atoms with Gasteiger partial charge in [-0.1, -0.05) is 23.2 Å². The summed E-state index contributed by atoms with van der Waals surface area (Å²) in [5.41, 5.74) is 0.409. The van der Waals surface area contributed by atoms with Crippen molar-refractivity contribution in [1.29, 1.82) is 0 Å². The SMILES string of the molecule is O=C(O)CCCNCC(=O)c1ccc(Cl)cc1Cl. The first-order valence-corrected chi connectivity index (χ1v) is 6.17. The number of nitrogens with one attached hydrogen (secondary N) is 1. The highest BCUT2D eigenvalue weighted by Crippen LogP contribution is 2.21. The van der Waals surface area contributed by atoms with Crippen LogP contribution in [0.5, 0.6) is 0 Å². The van der Waals surface area contributed by atoms with Gasteiger partial charge in [0.25, 0.3) is 0 Å². The third-order valence-corrected chi connectivity index (χ3v) is 2.81. The number of carboxylic acids is 1. The van der Waals surface area contributed by atoms with Crippen molar-refractivity contribution in [1.82, 2.24) is 5.32 Å². The minimum absolute atomic E-state index is 0.0862. The van der Waals surface area contributed by atoms with Crippen LogP contribution in [-0.4, -0.2) is 29.9 Å². The Hall–Kier alpha value is -1.10. The van der Waals surface area contributed by atoms with Gasteiger partial charge in [-0.25, -0.2) is 0 Å². The Morgan fingerprint density at radius 3 is 2.61 bits per heavy atom. The molecule has 0 spiro atoms. The van der Waals surface area contributed by atoms with Crippen LogP contribution >= 0.6 is 23.2 Å². The smallest absolute Gasteiger partial charge is 0.303 e. The van der Waals surface area contributed by atoms with Gasteiger partial charge in [0.05, 0.1) is 11.6 Å². The minimum Gasteiger partial charge on any atom is -0.481 e. The highest BCUT2D eigenvalue weighted by molar-refractivity contribution is 6.36. The van der Waals surface area contributed by atoms with Crippen molar-refractivity contribution in [2.45, 2.75) is 12.8 Å². The summed E-state index contributed by atoms with van der Waals surface area (Å²) in [6.07, 6.45) is 0.569. The second kappa shape index (κ2) is 7.36. The maximum absolute atomic E-state index is 11.8. The Kier molecular flexibility index (Phi) is 6.12. The molecular weight excluding hydrogens is 277 g/mol. The predicted octanol–water partition coefficient (Wildman–Crippen LogP) is 2.63. The number of ketones is 1. The van der Waals surface area contributed by atoms with Crippen molar-refractivity contribution >= 4 is 35.0 Å². The Bertz CT molecular complexity index is 449. The molecule has 0 aliphatic rings. The molecule has 0 aromatic heterocycles. The summed E-state index contributed by atoms with van der Waals surface area (Å²) in [5, 5.41) is 12.1. The molecule has 0 bridgehead atoms. The van der Waals surface area contributed by atoms with E-state index < -0.39 is 5.97 Å². The molecule has 18 heavy (non-hydrogen) atoms. The van der Waals surface area contributed by atoms with Gasteiger partial charge in [-0.05, 0) is 31.2 Å². The Labute approximate surface area is 115 Å². The van der Waals surface area contributed by atoms with Crippen LogP contribution < -0.4 is 5.32 Å². The van der Waals surface area contributed by atoms with Gasteiger partial charge >= 0.3 is 5.97 Å². The second-order valence-corrected chi connectivity index (χ2v) is 4.57. The van der Waals surface area contributed by atoms with Crippen molar-refractivity contribution < 1.29 is 14.7 Å². The lowest BCUT2D eigenvalue weighted by Gasteiger charge is -2.05. The first-order valence-electron chi connectivity index (χ1n) is 5.41. The van der Waals surface area contributed by atoms with E-state index in [1.807, 2.05) is 0 Å². The van der Waals surface area contributed by atoms with Gasteiger partial charge in [-0.2, -0.15) is 0 Å². The zero-order valence-electron chi connectivity index (χ0n) is 9.58. The number of carbonyl (C=O) groups is 2. The topological polar surface area (TPSA) is 66.4 Å². The molecule has 0 aliphatic heterocycles. The molecular formula is C12H13Cl2NO3. The monoisotopic (exact) mass is 289 g/mol. The van der Waals surface area contributed by atoms with Crippen molar-refractivity contribution in [2.75, 3.05) is 13.1 Å². The third kappa shape index (κ3) is 5.04. The summed E-state index contributed by atoms with van der Waals surface area (Å²) in [5.74, 6) is -0.990. The highest BCUT2D eigenvalue weighted by Gasteiger charge is 2.10. The molecule has 0 fully saturated rings. The fourth-order valence-electron chi connectivity index (χ4n) is 1.38. The molecule has 4 nitrogen and oxygen atoms in total. The molecule has 1 aromatic carbocycles. The molecule has 0 amide bonds. The van der Waals surface area contributed by atoms with Gasteiger partial charge in [0.1, 0.15) is 0 Å². The number of carboxylic acid groups (broad SMARTS) is 1. The van der Waals surface area contributed by atoms with Crippen LogP contribution in [0.25, 0.3) is 0 Å². The van der Waals surface area contributed by atoms with Gasteiger partial charge < -0.3 is 10.4 Å². The lowest BCUT2D eigenvalue weighted by molar-refractivity contribution is -0.137. The molecule has 0 saturated carbocycles. The lowest BCUT2D eigenvalue weighted by Crippen LogP contribution is -2.24. The Morgan fingerprint density at radius 2 is 2.00 bits per heavy atom. The van der Waals surface area contributed by atoms with Crippen molar-refractivity contribution in [2.24, 2.45) is 0 Å². The summed E-state index contributed by atoms with van der Waals surface area (Å²) in [4.78, 5) is 22.0. The van der Waals surface area contributed by atoms with Crippen LogP contribution in [0.15, 0.2) is 18.2 Å². The van der Waals surface area contributed by atoms with Crippen LogP contribution in [0.1, 0.15) is 23.2 Å². The van der Waals surface area contributed by atoms with Crippen LogP contribution in [0.4, 0.5) is 0 Å². The average molecular weight is 290 g/mol. The van der Waals surface area contributed by atoms with Crippen molar-refractivity contribution in [3.05, 3.63) is 33.8 Å². The van der Waals surface area contributed by atoms with Crippen LogP contribution in [0, 0.1) is 0 Å². The molecule has 0 heterocycles. The van der Waals surface area contributed by atoms with E-state index >= 15 is 0 Å². The number of benzene rings is 1. The van der Waals surface area contributed by atoms with Crippen molar-refractivity contribution in [3.8, 4) is 0 Å². The number of rotatable bonds is 7. The van der Waals surface area contributed by atoms with E-state index in [1.165, 1.54) is 6.07 Å². The summed E-state index contributed by atoms with van der Waals surface area (Å²) in [6, 6.07) is 4.69. The number of halogens is 2. The van der Waals surface area contributed by atoms with E-state index in [2.05, 4.69) is 5.32 Å². The number of carbonyl (C=O) groups excluding carboxylic acids is 1. The van der Waals surface area contributed by atoms with E-state index in [4.69, 9.17) is 28.3 Å². The van der Waals surface area contributed by atoms with E-state index in [0.29, 0.717) is 28.6 Å². The molecule has 0 unspecified atom stereocenters. The first kappa shape index (κ1) is 15.0. The number of hydrogen-bond acceptors (Lipinski definition) is 3. The number of Topliss-reactive ketones (excluding diaryl/α,β-unsaturated/α-hetero) is 1. The molecule has 6 heteroatoms. The zero-order chi connectivity index (χ0) is 13.5. The van der Waals surface area contributed by atoms with Crippen LogP contribution in [0.3, 0.4) is 0 Å². The molecule has 0 atom stereocenters. The fraction of sp³-hybridized carbons (Fsp3) is 0.333. The molecule has 0 radical (unpaired) electrons. The second-order valence-electron chi connectivity index (χ2n) is 3.72. The van der Waals surface area contributed by atoms with Crippen LogP contribution in [-0.2, 0) is 4.79 Å². The summed E-state index contributed by atoms with van der Waals surface area (Å²) < 4.78 is 0. The maximum Gasteiger partial charge on any atom is 0.303 e. The minimum atomic E-state index is -0.844. The molecule has 0 saturated heterocycles. The van der Waals surface area contributed by atoms with E-state index in [9.17, 15) is 9.59 Å². The van der Waals surface area contributed by atoms with Gasteiger partial charge in [-0.3, -0.25) is 9.59 Å². The normalized spacial score (nSPS) is 10.3. The van der Waals surface area contributed by atoms with E-state index in [1.54, 1.807) is 12.1 Å². The summed E-state index contributed by atoms with van der Waals surface area (Å²) in [7, 11) is 0. The number of aliphatic carboxylic acids is 1. The molecule has 1 aromatic rings. The van der Waals surface area contributed by atoms with Gasteiger partial charge in [0.2, 0.25) is 0 Å². The molecule has 0 aliphatic carbocycles. The highest BCUT2D eigenvalue weighted by atomic mass is 35.5. The third-order valence-electron chi connectivity index (χ3n) is 2.26. The summed E-state index contributed by atoms with van der Waals surface area (Å²) in [6.45, 7) is 0.601.